The molecule has 2 rings (SSSR count). The molecule has 21 heavy (non-hydrogen) atoms. The molecule has 0 fully saturated rings. The molecule has 9 heteroatoms. The van der Waals surface area contributed by atoms with Gasteiger partial charge >= 0.3 is 5.69 Å². The van der Waals surface area contributed by atoms with Crippen molar-refractivity contribution in [3.8, 4) is 0 Å². The molecule has 9 nitrogen and oxygen atoms in total. The van der Waals surface area contributed by atoms with E-state index in [1.165, 1.54) is 10.9 Å². The van der Waals surface area contributed by atoms with Gasteiger partial charge in [0.15, 0.2) is 0 Å². The number of nitrogens with one attached hydrogen (secondary N) is 1. The molecule has 1 amide bonds. The molecule has 0 saturated carbocycles. The minimum Gasteiger partial charge on any atom is -0.345 e. The number of amides is 1. The number of hydrogen-bond donors (Lipinski definition) is 1. The van der Waals surface area contributed by atoms with Crippen LogP contribution in [0, 0.1) is 17.0 Å². The highest BCUT2D eigenvalue weighted by Gasteiger charge is 2.25. The van der Waals surface area contributed by atoms with Crippen LogP contribution < -0.4 is 5.32 Å². The smallest absolute Gasteiger partial charge is 0.320 e. The molecule has 0 atom stereocenters. The van der Waals surface area contributed by atoms with Gasteiger partial charge in [-0.1, -0.05) is 0 Å². The molecule has 0 aromatic carbocycles. The van der Waals surface area contributed by atoms with Crippen LogP contribution in [0.3, 0.4) is 0 Å². The van der Waals surface area contributed by atoms with Gasteiger partial charge in [0, 0.05) is 13.6 Å². The van der Waals surface area contributed by atoms with Crippen LogP contribution in [0.2, 0.25) is 0 Å². The summed E-state index contributed by atoms with van der Waals surface area (Å²) in [7, 11) is 1.77. The maximum atomic E-state index is 12.1. The highest BCUT2D eigenvalue weighted by Crippen LogP contribution is 2.16. The summed E-state index contributed by atoms with van der Waals surface area (Å²) in [6.45, 7) is 4.32. The average Bonchev–Trinajstić information content (AvgIpc) is 2.99. The highest BCUT2D eigenvalue weighted by atomic mass is 16.6. The molecule has 0 unspecified atom stereocenters. The van der Waals surface area contributed by atoms with E-state index in [1.807, 2.05) is 13.0 Å². The monoisotopic (exact) mass is 292 g/mol. The van der Waals surface area contributed by atoms with Crippen molar-refractivity contribution in [2.45, 2.75) is 26.9 Å². The topological polar surface area (TPSA) is 108 Å². The Hall–Kier alpha value is -2.71. The van der Waals surface area contributed by atoms with Crippen molar-refractivity contribution in [3.05, 3.63) is 39.5 Å². The number of carbonyl (C=O) groups excluding carboxylic acids is 1. The minimum atomic E-state index is -0.609. The Labute approximate surface area is 120 Å². The quantitative estimate of drug-likeness (QED) is 0.647. The van der Waals surface area contributed by atoms with Crippen molar-refractivity contribution in [3.63, 3.8) is 0 Å². The summed E-state index contributed by atoms with van der Waals surface area (Å²) in [5.74, 6) is -0.576. The Balaban J connectivity index is 2.15. The molecule has 0 bridgehead atoms. The third-order valence-corrected chi connectivity index (χ3v) is 3.01. The fourth-order valence-electron chi connectivity index (χ4n) is 1.95. The van der Waals surface area contributed by atoms with Crippen LogP contribution in [-0.2, 0) is 20.1 Å². The molecular formula is C12H16N6O3. The van der Waals surface area contributed by atoms with Gasteiger partial charge in [-0.2, -0.15) is 10.2 Å². The molecule has 1 N–H and O–H groups in total. The fourth-order valence-corrected chi connectivity index (χ4v) is 1.95. The van der Waals surface area contributed by atoms with Crippen molar-refractivity contribution in [1.29, 1.82) is 0 Å². The Morgan fingerprint density at radius 1 is 1.48 bits per heavy atom. The van der Waals surface area contributed by atoms with Crippen LogP contribution in [0.1, 0.15) is 28.8 Å². The van der Waals surface area contributed by atoms with Crippen molar-refractivity contribution in [2.24, 2.45) is 7.05 Å². The molecule has 0 radical (unpaired) electrons. The average molecular weight is 292 g/mol. The minimum absolute atomic E-state index is 0.180. The van der Waals surface area contributed by atoms with E-state index in [0.29, 0.717) is 6.54 Å². The molecule has 0 aliphatic heterocycles. The summed E-state index contributed by atoms with van der Waals surface area (Å²) in [5.41, 5.74) is 1.16. The maximum absolute atomic E-state index is 12.1. The van der Waals surface area contributed by atoms with E-state index in [-0.39, 0.29) is 17.9 Å². The zero-order valence-corrected chi connectivity index (χ0v) is 12.0. The van der Waals surface area contributed by atoms with Gasteiger partial charge in [0.2, 0.25) is 5.69 Å². The van der Waals surface area contributed by atoms with Crippen molar-refractivity contribution < 1.29 is 9.72 Å². The molecule has 2 aromatic rings. The number of aryl methyl sites for hydroxylation is 3. The third kappa shape index (κ3) is 3.07. The van der Waals surface area contributed by atoms with E-state index in [4.69, 9.17) is 0 Å². The first-order chi connectivity index (χ1) is 9.92. The summed E-state index contributed by atoms with van der Waals surface area (Å²) in [6.07, 6.45) is 1.25. The van der Waals surface area contributed by atoms with Crippen molar-refractivity contribution in [2.75, 3.05) is 0 Å². The SMILES string of the molecule is CCn1cc([N+](=O)[O-])c(C(=O)NCc2cc(C)nn2C)n1. The second-order valence-electron chi connectivity index (χ2n) is 4.56. The third-order valence-electron chi connectivity index (χ3n) is 3.01. The Morgan fingerprint density at radius 2 is 2.19 bits per heavy atom. The molecule has 0 saturated heterocycles. The van der Waals surface area contributed by atoms with Gasteiger partial charge in [-0.05, 0) is 19.9 Å². The zero-order valence-electron chi connectivity index (χ0n) is 12.0. The number of hydrogen-bond acceptors (Lipinski definition) is 5. The first-order valence-corrected chi connectivity index (χ1v) is 6.42. The van der Waals surface area contributed by atoms with Gasteiger partial charge in [0.05, 0.1) is 22.9 Å². The molecule has 2 aromatic heterocycles. The van der Waals surface area contributed by atoms with E-state index in [2.05, 4.69) is 15.5 Å². The number of carbonyl (C=O) groups is 1. The lowest BCUT2D eigenvalue weighted by Crippen LogP contribution is -2.25. The lowest BCUT2D eigenvalue weighted by molar-refractivity contribution is -0.385. The second-order valence-corrected chi connectivity index (χ2v) is 4.56. The summed E-state index contributed by atoms with van der Waals surface area (Å²) >= 11 is 0. The lowest BCUT2D eigenvalue weighted by Gasteiger charge is -2.03. The molecule has 0 aliphatic carbocycles. The van der Waals surface area contributed by atoms with Gasteiger partial charge in [-0.3, -0.25) is 24.3 Å². The van der Waals surface area contributed by atoms with E-state index in [0.717, 1.165) is 11.4 Å². The standard InChI is InChI=1S/C12H16N6O3/c1-4-17-7-10(18(20)21)11(15-17)12(19)13-6-9-5-8(2)14-16(9)3/h5,7H,4,6H2,1-3H3,(H,13,19). The van der Waals surface area contributed by atoms with Crippen LogP contribution in [-0.4, -0.2) is 30.4 Å². The molecule has 0 aliphatic rings. The number of aromatic nitrogens is 4. The van der Waals surface area contributed by atoms with E-state index in [1.54, 1.807) is 18.7 Å². The number of rotatable bonds is 5. The molecular weight excluding hydrogens is 276 g/mol. The van der Waals surface area contributed by atoms with Gasteiger partial charge in [0.25, 0.3) is 5.91 Å². The molecule has 112 valence electrons. The number of nitrogens with zero attached hydrogens (tertiary/aromatic N) is 5. The van der Waals surface area contributed by atoms with Gasteiger partial charge in [-0.25, -0.2) is 0 Å². The summed E-state index contributed by atoms with van der Waals surface area (Å²) < 4.78 is 3.01. The maximum Gasteiger partial charge on any atom is 0.320 e. The van der Waals surface area contributed by atoms with E-state index in [9.17, 15) is 14.9 Å². The summed E-state index contributed by atoms with van der Waals surface area (Å²) in [5, 5.41) is 21.7. The van der Waals surface area contributed by atoms with Gasteiger partial charge < -0.3 is 5.32 Å². The van der Waals surface area contributed by atoms with Crippen LogP contribution in [0.25, 0.3) is 0 Å². The van der Waals surface area contributed by atoms with E-state index >= 15 is 0 Å². The Kier molecular flexibility index (Phi) is 4.01. The Morgan fingerprint density at radius 3 is 2.71 bits per heavy atom. The number of nitro groups is 1. The van der Waals surface area contributed by atoms with Gasteiger partial charge in [-0.15, -0.1) is 0 Å². The zero-order chi connectivity index (χ0) is 15.6. The summed E-state index contributed by atoms with van der Waals surface area (Å²) in [6, 6.07) is 1.83. The van der Waals surface area contributed by atoms with Crippen molar-refractivity contribution >= 4 is 11.6 Å². The highest BCUT2D eigenvalue weighted by molar-refractivity contribution is 5.95. The van der Waals surface area contributed by atoms with Crippen LogP contribution in [0.15, 0.2) is 12.3 Å². The lowest BCUT2D eigenvalue weighted by atomic mass is 10.3. The van der Waals surface area contributed by atoms with Crippen LogP contribution in [0.4, 0.5) is 5.69 Å². The fraction of sp³-hybridized carbons (Fsp3) is 0.417. The van der Waals surface area contributed by atoms with Crippen LogP contribution in [0.5, 0.6) is 0 Å². The predicted octanol–water partition coefficient (Wildman–Crippen LogP) is 0.783. The first kappa shape index (κ1) is 14.7. The second kappa shape index (κ2) is 5.73. The predicted molar refractivity (Wildman–Crippen MR) is 73.7 cm³/mol. The van der Waals surface area contributed by atoms with E-state index < -0.39 is 10.8 Å². The molecule has 0 spiro atoms. The van der Waals surface area contributed by atoms with Crippen LogP contribution >= 0.6 is 0 Å². The Bertz CT molecular complexity index is 687. The largest absolute Gasteiger partial charge is 0.345 e. The molecule has 2 heterocycles. The van der Waals surface area contributed by atoms with Crippen molar-refractivity contribution in [1.82, 2.24) is 24.9 Å². The normalized spacial score (nSPS) is 10.6. The first-order valence-electron chi connectivity index (χ1n) is 6.42. The van der Waals surface area contributed by atoms with Gasteiger partial charge in [0.1, 0.15) is 6.20 Å². The summed E-state index contributed by atoms with van der Waals surface area (Å²) in [4.78, 5) is 22.4.